The third kappa shape index (κ3) is 2.93. The van der Waals surface area contributed by atoms with Crippen molar-refractivity contribution in [3.8, 4) is 0 Å². The normalized spacial score (nSPS) is 11.5. The monoisotopic (exact) mass is 424 g/mol. The van der Waals surface area contributed by atoms with Gasteiger partial charge in [-0.1, -0.05) is 24.3 Å². The van der Waals surface area contributed by atoms with Crippen molar-refractivity contribution in [3.63, 3.8) is 0 Å². The fraction of sp³-hybridized carbons (Fsp3) is 0.0625. The van der Waals surface area contributed by atoms with Crippen LogP contribution in [-0.4, -0.2) is 13.4 Å². The second-order valence-electron chi connectivity index (χ2n) is 4.93. The predicted octanol–water partition coefficient (Wildman–Crippen LogP) is 3.95. The highest BCUT2D eigenvalue weighted by molar-refractivity contribution is 14.1. The van der Waals surface area contributed by atoms with Gasteiger partial charge in [0.25, 0.3) is 10.0 Å². The van der Waals surface area contributed by atoms with Gasteiger partial charge in [0.2, 0.25) is 0 Å². The fourth-order valence-corrected chi connectivity index (χ4v) is 4.17. The Balaban J connectivity index is 2.12. The van der Waals surface area contributed by atoms with E-state index in [2.05, 4.69) is 32.3 Å². The molecule has 1 aromatic heterocycles. The van der Waals surface area contributed by atoms with Crippen molar-refractivity contribution < 1.29 is 8.42 Å². The van der Waals surface area contributed by atoms with E-state index < -0.39 is 10.0 Å². The topological polar surface area (TPSA) is 59.1 Å². The predicted molar refractivity (Wildman–Crippen MR) is 96.4 cm³/mol. The van der Waals surface area contributed by atoms with Gasteiger partial charge in [-0.15, -0.1) is 0 Å². The minimum atomic E-state index is -3.69. The maximum Gasteiger partial charge on any atom is 0.264 e. The minimum Gasteiger partial charge on any atom is -0.278 e. The van der Waals surface area contributed by atoms with Gasteiger partial charge in [-0.2, -0.15) is 0 Å². The summed E-state index contributed by atoms with van der Waals surface area (Å²) in [4.78, 5) is 4.47. The van der Waals surface area contributed by atoms with Crippen LogP contribution >= 0.6 is 22.6 Å². The van der Waals surface area contributed by atoms with Crippen LogP contribution in [0.3, 0.4) is 0 Å². The average molecular weight is 424 g/mol. The SMILES string of the molecule is Cc1cnc2c(S(=O)(=O)Nc3ccccc3I)cccc2c1. The molecule has 0 aliphatic rings. The second-order valence-corrected chi connectivity index (χ2v) is 7.74. The van der Waals surface area contributed by atoms with Crippen molar-refractivity contribution >= 4 is 49.2 Å². The molecule has 0 fully saturated rings. The number of aryl methyl sites for hydroxylation is 1. The van der Waals surface area contributed by atoms with Gasteiger partial charge in [-0.3, -0.25) is 9.71 Å². The average Bonchev–Trinajstić information content (AvgIpc) is 2.48. The Hall–Kier alpha value is -1.67. The van der Waals surface area contributed by atoms with Crippen LogP contribution in [0.5, 0.6) is 0 Å². The molecule has 112 valence electrons. The lowest BCUT2D eigenvalue weighted by Gasteiger charge is -2.11. The van der Waals surface area contributed by atoms with Crippen LogP contribution < -0.4 is 4.72 Å². The first-order chi connectivity index (χ1) is 10.5. The number of fused-ring (bicyclic) bond motifs is 1. The summed E-state index contributed by atoms with van der Waals surface area (Å²) in [6.45, 7) is 1.93. The Morgan fingerprint density at radius 2 is 1.86 bits per heavy atom. The van der Waals surface area contributed by atoms with Crippen LogP contribution in [0.15, 0.2) is 59.6 Å². The molecule has 3 aromatic rings. The van der Waals surface area contributed by atoms with Crippen LogP contribution in [-0.2, 0) is 10.0 Å². The van der Waals surface area contributed by atoms with Crippen molar-refractivity contribution in [2.24, 2.45) is 0 Å². The van der Waals surface area contributed by atoms with E-state index in [9.17, 15) is 8.42 Å². The van der Waals surface area contributed by atoms with Gasteiger partial charge in [0, 0.05) is 15.2 Å². The minimum absolute atomic E-state index is 0.185. The molecule has 0 spiro atoms. The number of hydrogen-bond donors (Lipinski definition) is 1. The maximum atomic E-state index is 12.7. The summed E-state index contributed by atoms with van der Waals surface area (Å²) in [5.74, 6) is 0. The van der Waals surface area contributed by atoms with E-state index in [0.29, 0.717) is 11.2 Å². The number of halogens is 1. The summed E-state index contributed by atoms with van der Waals surface area (Å²) >= 11 is 2.10. The Morgan fingerprint density at radius 3 is 2.64 bits per heavy atom. The molecule has 0 aliphatic heterocycles. The summed E-state index contributed by atoms with van der Waals surface area (Å²) in [5, 5.41) is 0.811. The van der Waals surface area contributed by atoms with Crippen molar-refractivity contribution in [1.29, 1.82) is 0 Å². The largest absolute Gasteiger partial charge is 0.278 e. The molecule has 0 amide bonds. The second kappa shape index (κ2) is 5.85. The van der Waals surface area contributed by atoms with Gasteiger partial charge in [-0.25, -0.2) is 8.42 Å². The zero-order valence-corrected chi connectivity index (χ0v) is 14.7. The zero-order valence-electron chi connectivity index (χ0n) is 11.7. The standard InChI is InChI=1S/C16H13IN2O2S/c1-11-9-12-5-4-8-15(16(12)18-10-11)22(20,21)19-14-7-3-2-6-13(14)17/h2-10,19H,1H3. The number of nitrogens with zero attached hydrogens (tertiary/aromatic N) is 1. The highest BCUT2D eigenvalue weighted by atomic mass is 127. The lowest BCUT2D eigenvalue weighted by molar-refractivity contribution is 0.602. The van der Waals surface area contributed by atoms with Gasteiger partial charge in [0.15, 0.2) is 0 Å². The maximum absolute atomic E-state index is 12.7. The molecule has 0 radical (unpaired) electrons. The summed E-state index contributed by atoms with van der Waals surface area (Å²) in [6, 6.07) is 14.3. The van der Waals surface area contributed by atoms with Crippen molar-refractivity contribution in [1.82, 2.24) is 4.98 Å². The number of anilines is 1. The molecule has 1 N–H and O–H groups in total. The first-order valence-electron chi connectivity index (χ1n) is 6.60. The van der Waals surface area contributed by atoms with E-state index >= 15 is 0 Å². The van der Waals surface area contributed by atoms with Gasteiger partial charge in [0.1, 0.15) is 4.90 Å². The highest BCUT2D eigenvalue weighted by Gasteiger charge is 2.19. The van der Waals surface area contributed by atoms with Gasteiger partial charge in [-0.05, 0) is 59.3 Å². The molecule has 0 bridgehead atoms. The lowest BCUT2D eigenvalue weighted by atomic mass is 10.2. The summed E-state index contributed by atoms with van der Waals surface area (Å²) in [7, 11) is -3.69. The van der Waals surface area contributed by atoms with E-state index in [-0.39, 0.29) is 4.90 Å². The number of nitrogens with one attached hydrogen (secondary N) is 1. The molecular weight excluding hydrogens is 411 g/mol. The zero-order chi connectivity index (χ0) is 15.7. The van der Waals surface area contributed by atoms with Crippen molar-refractivity contribution in [2.75, 3.05) is 4.72 Å². The number of rotatable bonds is 3. The van der Waals surface area contributed by atoms with Gasteiger partial charge >= 0.3 is 0 Å². The van der Waals surface area contributed by atoms with E-state index in [4.69, 9.17) is 0 Å². The molecule has 0 saturated carbocycles. The van der Waals surface area contributed by atoms with Crippen LogP contribution in [0.1, 0.15) is 5.56 Å². The molecule has 2 aromatic carbocycles. The molecule has 22 heavy (non-hydrogen) atoms. The Morgan fingerprint density at radius 1 is 1.09 bits per heavy atom. The third-order valence-corrected chi connectivity index (χ3v) is 5.56. The molecule has 0 unspecified atom stereocenters. The molecule has 6 heteroatoms. The molecule has 4 nitrogen and oxygen atoms in total. The molecule has 0 atom stereocenters. The van der Waals surface area contributed by atoms with Crippen LogP contribution in [0, 0.1) is 10.5 Å². The molecule has 1 heterocycles. The third-order valence-electron chi connectivity index (χ3n) is 3.22. The number of benzene rings is 2. The van der Waals surface area contributed by atoms with Crippen molar-refractivity contribution in [3.05, 3.63) is 63.9 Å². The molecule has 0 aliphatic carbocycles. The van der Waals surface area contributed by atoms with E-state index in [1.807, 2.05) is 31.2 Å². The summed E-state index contributed by atoms with van der Waals surface area (Å²) < 4.78 is 28.9. The Kier molecular flexibility index (Phi) is 4.05. The number of hydrogen-bond acceptors (Lipinski definition) is 3. The fourth-order valence-electron chi connectivity index (χ4n) is 2.20. The van der Waals surface area contributed by atoms with Gasteiger partial charge in [0.05, 0.1) is 11.2 Å². The number of aromatic nitrogens is 1. The van der Waals surface area contributed by atoms with E-state index in [0.717, 1.165) is 14.5 Å². The number of sulfonamides is 1. The van der Waals surface area contributed by atoms with Crippen LogP contribution in [0.25, 0.3) is 10.9 Å². The first-order valence-corrected chi connectivity index (χ1v) is 9.16. The molecule has 0 saturated heterocycles. The van der Waals surface area contributed by atoms with E-state index in [1.165, 1.54) is 0 Å². The number of pyridine rings is 1. The van der Waals surface area contributed by atoms with Crippen LogP contribution in [0.4, 0.5) is 5.69 Å². The first kappa shape index (κ1) is 15.2. The summed E-state index contributed by atoms with van der Waals surface area (Å²) in [5.41, 5.74) is 2.03. The van der Waals surface area contributed by atoms with Crippen molar-refractivity contribution in [2.45, 2.75) is 11.8 Å². The Bertz CT molecular complexity index is 955. The quantitative estimate of drug-likeness (QED) is 0.648. The number of para-hydroxylation sites is 2. The summed E-state index contributed by atoms with van der Waals surface area (Å²) in [6.07, 6.45) is 1.67. The van der Waals surface area contributed by atoms with Gasteiger partial charge < -0.3 is 0 Å². The molecular formula is C16H13IN2O2S. The highest BCUT2D eigenvalue weighted by Crippen LogP contribution is 2.25. The molecule has 3 rings (SSSR count). The van der Waals surface area contributed by atoms with Crippen LogP contribution in [0.2, 0.25) is 0 Å². The Labute approximate surface area is 142 Å². The lowest BCUT2D eigenvalue weighted by Crippen LogP contribution is -2.14. The smallest absolute Gasteiger partial charge is 0.264 e. The van der Waals surface area contributed by atoms with E-state index in [1.54, 1.807) is 30.5 Å².